The molecule has 0 saturated carbocycles. The Balaban J connectivity index is 1.82. The number of aryl methyl sites for hydroxylation is 1. The highest BCUT2D eigenvalue weighted by Crippen LogP contribution is 2.43. The van der Waals surface area contributed by atoms with E-state index >= 15 is 0 Å². The van der Waals surface area contributed by atoms with Crippen molar-refractivity contribution >= 4 is 17.3 Å². The van der Waals surface area contributed by atoms with Gasteiger partial charge in [0.15, 0.2) is 0 Å². The van der Waals surface area contributed by atoms with Crippen LogP contribution in [0.5, 0.6) is 11.6 Å². The predicted molar refractivity (Wildman–Crippen MR) is 114 cm³/mol. The largest absolute Gasteiger partial charge is 0.491 e. The number of nitrogen functional groups attached to an aromatic ring is 1. The summed E-state index contributed by atoms with van der Waals surface area (Å²) < 4.78 is 11.5. The number of benzene rings is 1. The number of carbonyl (C=O) groups excluding carboxylic acids is 1. The van der Waals surface area contributed by atoms with Crippen molar-refractivity contribution in [3.63, 3.8) is 0 Å². The number of primary amides is 1. The molecule has 0 bridgehead atoms. The van der Waals surface area contributed by atoms with Crippen molar-refractivity contribution in [3.05, 3.63) is 39.6 Å². The average Bonchev–Trinajstić information content (AvgIpc) is 3.17. The van der Waals surface area contributed by atoms with Crippen LogP contribution in [0.4, 0.5) is 11.4 Å². The Morgan fingerprint density at radius 2 is 2.23 bits per heavy atom. The maximum Gasteiger partial charge on any atom is 0.301 e. The van der Waals surface area contributed by atoms with Crippen LogP contribution in [0.3, 0.4) is 0 Å². The average molecular weight is 427 g/mol. The number of rotatable bonds is 6. The molecule has 10 heteroatoms. The van der Waals surface area contributed by atoms with E-state index in [-0.39, 0.29) is 34.7 Å². The highest BCUT2D eigenvalue weighted by Gasteiger charge is 2.32. The van der Waals surface area contributed by atoms with Crippen LogP contribution in [-0.2, 0) is 6.42 Å². The molecular weight excluding hydrogens is 402 g/mol. The summed E-state index contributed by atoms with van der Waals surface area (Å²) >= 11 is 0. The van der Waals surface area contributed by atoms with Gasteiger partial charge in [-0.15, -0.1) is 0 Å². The van der Waals surface area contributed by atoms with Crippen molar-refractivity contribution in [1.82, 2.24) is 10.3 Å². The molecule has 2 aliphatic heterocycles. The molecule has 1 saturated heterocycles. The fourth-order valence-corrected chi connectivity index (χ4v) is 4.16. The second kappa shape index (κ2) is 8.03. The number of nitro groups is 1. The fraction of sp³-hybridized carbons (Fsp3) is 0.429. The number of carbonyl (C=O) groups is 1. The van der Waals surface area contributed by atoms with Gasteiger partial charge in [0.25, 0.3) is 5.91 Å². The minimum absolute atomic E-state index is 0.120. The van der Waals surface area contributed by atoms with E-state index in [9.17, 15) is 14.9 Å². The number of nitro benzene ring substituents is 1. The molecule has 10 nitrogen and oxygen atoms in total. The molecule has 4 rings (SSSR count). The first-order chi connectivity index (χ1) is 14.8. The van der Waals surface area contributed by atoms with Crippen molar-refractivity contribution in [2.24, 2.45) is 5.73 Å². The van der Waals surface area contributed by atoms with Gasteiger partial charge in [-0.3, -0.25) is 14.9 Å². The van der Waals surface area contributed by atoms with E-state index < -0.39 is 16.5 Å². The molecule has 1 amide bonds. The molecule has 164 valence electrons. The summed E-state index contributed by atoms with van der Waals surface area (Å²) in [6.45, 7) is 3.75. The Bertz CT molecular complexity index is 1050. The van der Waals surface area contributed by atoms with E-state index in [1.54, 1.807) is 6.07 Å². The van der Waals surface area contributed by atoms with Crippen molar-refractivity contribution in [1.29, 1.82) is 0 Å². The quantitative estimate of drug-likeness (QED) is 0.360. The zero-order valence-corrected chi connectivity index (χ0v) is 17.3. The molecule has 0 aliphatic carbocycles. The van der Waals surface area contributed by atoms with Gasteiger partial charge in [0.2, 0.25) is 5.88 Å². The molecule has 2 aromatic rings. The van der Waals surface area contributed by atoms with E-state index in [1.165, 1.54) is 12.3 Å². The molecule has 1 atom stereocenters. The Hall–Kier alpha value is -3.40. The third kappa shape index (κ3) is 3.98. The highest BCUT2D eigenvalue weighted by molar-refractivity contribution is 6.05. The lowest BCUT2D eigenvalue weighted by Crippen LogP contribution is -2.42. The number of hydrogen-bond acceptors (Lipinski definition) is 8. The Kier molecular flexibility index (Phi) is 5.40. The van der Waals surface area contributed by atoms with E-state index in [4.69, 9.17) is 20.9 Å². The predicted octanol–water partition coefficient (Wildman–Crippen LogP) is 2.18. The van der Waals surface area contributed by atoms with Crippen LogP contribution in [-0.4, -0.2) is 41.1 Å². The zero-order chi connectivity index (χ0) is 22.2. The maximum atomic E-state index is 12.1. The number of hydrogen-bond donors (Lipinski definition) is 3. The molecule has 1 aromatic heterocycles. The minimum atomic E-state index is -0.886. The summed E-state index contributed by atoms with van der Waals surface area (Å²) in [4.78, 5) is 27.7. The lowest BCUT2D eigenvalue weighted by atomic mass is 9.97. The summed E-state index contributed by atoms with van der Waals surface area (Å²) in [5.41, 5.74) is 12.0. The number of anilines is 1. The summed E-state index contributed by atoms with van der Waals surface area (Å²) in [7, 11) is 0. The monoisotopic (exact) mass is 427 g/mol. The van der Waals surface area contributed by atoms with Crippen LogP contribution >= 0.6 is 0 Å². The van der Waals surface area contributed by atoms with Crippen LogP contribution in [0.15, 0.2) is 18.3 Å². The Morgan fingerprint density at radius 1 is 1.42 bits per heavy atom. The number of pyridine rings is 1. The SMILES string of the molecule is C[C@]1(COc2cc(-c3cnc4c(c3)CCCO4)c([N+](=O)[O-])c(N)c2C(N)=O)CCCN1. The van der Waals surface area contributed by atoms with E-state index in [1.807, 2.05) is 6.92 Å². The van der Waals surface area contributed by atoms with E-state index in [2.05, 4.69) is 10.3 Å². The second-order valence-electron chi connectivity index (χ2n) is 8.20. The number of amides is 1. The molecule has 3 heterocycles. The van der Waals surface area contributed by atoms with Crippen LogP contribution < -0.4 is 26.3 Å². The number of nitrogens with zero attached hydrogens (tertiary/aromatic N) is 2. The molecular formula is C21H25N5O5. The molecule has 0 spiro atoms. The van der Waals surface area contributed by atoms with Crippen LogP contribution in [0.1, 0.15) is 42.1 Å². The fourth-order valence-electron chi connectivity index (χ4n) is 4.16. The highest BCUT2D eigenvalue weighted by atomic mass is 16.6. The van der Waals surface area contributed by atoms with Gasteiger partial charge in [-0.2, -0.15) is 0 Å². The smallest absolute Gasteiger partial charge is 0.301 e. The van der Waals surface area contributed by atoms with Gasteiger partial charge >= 0.3 is 5.69 Å². The van der Waals surface area contributed by atoms with Gasteiger partial charge < -0.3 is 26.3 Å². The van der Waals surface area contributed by atoms with Gasteiger partial charge in [-0.25, -0.2) is 4.98 Å². The van der Waals surface area contributed by atoms with Crippen LogP contribution in [0.2, 0.25) is 0 Å². The Labute approximate surface area is 179 Å². The number of nitrogens with one attached hydrogen (secondary N) is 1. The number of fused-ring (bicyclic) bond motifs is 1. The third-order valence-corrected chi connectivity index (χ3v) is 5.80. The Morgan fingerprint density at radius 3 is 2.90 bits per heavy atom. The van der Waals surface area contributed by atoms with Crippen LogP contribution in [0, 0.1) is 10.1 Å². The first-order valence-corrected chi connectivity index (χ1v) is 10.2. The van der Waals surface area contributed by atoms with Gasteiger partial charge in [-0.1, -0.05) is 0 Å². The third-order valence-electron chi connectivity index (χ3n) is 5.80. The zero-order valence-electron chi connectivity index (χ0n) is 17.3. The second-order valence-corrected chi connectivity index (χ2v) is 8.20. The van der Waals surface area contributed by atoms with Gasteiger partial charge in [0, 0.05) is 22.9 Å². The summed E-state index contributed by atoms with van der Waals surface area (Å²) in [6, 6.07) is 3.26. The first kappa shape index (κ1) is 20.9. The summed E-state index contributed by atoms with van der Waals surface area (Å²) in [5, 5.41) is 15.3. The number of ether oxygens (including phenoxy) is 2. The summed E-state index contributed by atoms with van der Waals surface area (Å²) in [6.07, 6.45) is 5.01. The molecule has 1 aromatic carbocycles. The summed E-state index contributed by atoms with van der Waals surface area (Å²) in [5.74, 6) is -0.241. The van der Waals surface area contributed by atoms with Gasteiger partial charge in [0.05, 0.1) is 17.1 Å². The minimum Gasteiger partial charge on any atom is -0.491 e. The van der Waals surface area contributed by atoms with Crippen molar-refractivity contribution in [3.8, 4) is 22.8 Å². The van der Waals surface area contributed by atoms with Gasteiger partial charge in [-0.05, 0) is 51.3 Å². The number of aromatic nitrogens is 1. The number of nitrogens with two attached hydrogens (primary N) is 2. The molecule has 2 aliphatic rings. The molecule has 1 fully saturated rings. The normalized spacial score (nSPS) is 20.0. The van der Waals surface area contributed by atoms with Crippen molar-refractivity contribution < 1.29 is 19.2 Å². The topological polar surface area (TPSA) is 156 Å². The molecule has 5 N–H and O–H groups in total. The first-order valence-electron chi connectivity index (χ1n) is 10.2. The standard InChI is InChI=1S/C21H25N5O5/c1-21(5-3-6-25-21)11-31-15-9-14(18(26(28)29)17(22)16(15)19(23)27)13-8-12-4-2-7-30-20(12)24-10-13/h8-10,25H,2-7,11,22H2,1H3,(H2,23,27)/t21-/m1/s1. The van der Waals surface area contributed by atoms with Gasteiger partial charge in [0.1, 0.15) is 23.6 Å². The van der Waals surface area contributed by atoms with E-state index in [0.29, 0.717) is 18.1 Å². The lowest BCUT2D eigenvalue weighted by Gasteiger charge is -2.25. The van der Waals surface area contributed by atoms with E-state index in [0.717, 1.165) is 37.8 Å². The van der Waals surface area contributed by atoms with Crippen LogP contribution in [0.25, 0.3) is 11.1 Å². The lowest BCUT2D eigenvalue weighted by molar-refractivity contribution is -0.383. The molecule has 0 radical (unpaired) electrons. The van der Waals surface area contributed by atoms with Crippen molar-refractivity contribution in [2.45, 2.75) is 38.1 Å². The molecule has 0 unspecified atom stereocenters. The molecule has 31 heavy (non-hydrogen) atoms. The van der Waals surface area contributed by atoms with Crippen molar-refractivity contribution in [2.75, 3.05) is 25.5 Å². The maximum absolute atomic E-state index is 12.1.